The Morgan fingerprint density at radius 2 is 1.95 bits per heavy atom. The Hall–Kier alpha value is -1.74. The highest BCUT2D eigenvalue weighted by atomic mass is 16.5. The summed E-state index contributed by atoms with van der Waals surface area (Å²) in [7, 11) is 1.74. The summed E-state index contributed by atoms with van der Waals surface area (Å²) in [4.78, 5) is 0. The van der Waals surface area contributed by atoms with Crippen LogP contribution in [-0.4, -0.2) is 13.7 Å². The molecule has 0 radical (unpaired) electrons. The second-order valence-electron chi connectivity index (χ2n) is 5.64. The van der Waals surface area contributed by atoms with E-state index in [4.69, 9.17) is 9.15 Å². The van der Waals surface area contributed by atoms with Gasteiger partial charge in [-0.3, -0.25) is 0 Å². The number of methoxy groups -OCH3 is 1. The number of furan rings is 1. The maximum Gasteiger partial charge on any atom is 0.122 e. The van der Waals surface area contributed by atoms with E-state index < -0.39 is 0 Å². The van der Waals surface area contributed by atoms with Crippen LogP contribution in [0.5, 0.6) is 5.75 Å². The number of para-hydroxylation sites is 1. The number of rotatable bonds is 8. The first-order valence-electron chi connectivity index (χ1n) is 7.58. The van der Waals surface area contributed by atoms with Crippen LogP contribution in [0, 0.1) is 5.92 Å². The smallest absolute Gasteiger partial charge is 0.122 e. The molecular weight excluding hydrogens is 262 g/mol. The van der Waals surface area contributed by atoms with E-state index in [-0.39, 0.29) is 0 Å². The van der Waals surface area contributed by atoms with Gasteiger partial charge in [0.25, 0.3) is 0 Å². The molecule has 0 amide bonds. The molecule has 0 unspecified atom stereocenters. The SMILES string of the molecule is COc1ccccc1[C@@H](CCNCc1ccco1)C(C)C. The van der Waals surface area contributed by atoms with Gasteiger partial charge in [-0.1, -0.05) is 32.0 Å². The Bertz CT molecular complexity index is 520. The molecule has 0 spiro atoms. The van der Waals surface area contributed by atoms with Crippen molar-refractivity contribution < 1.29 is 9.15 Å². The van der Waals surface area contributed by atoms with Crippen LogP contribution in [-0.2, 0) is 6.54 Å². The van der Waals surface area contributed by atoms with Crippen molar-refractivity contribution in [3.8, 4) is 5.75 Å². The zero-order valence-corrected chi connectivity index (χ0v) is 13.1. The van der Waals surface area contributed by atoms with Gasteiger partial charge in [0.2, 0.25) is 0 Å². The van der Waals surface area contributed by atoms with Crippen molar-refractivity contribution in [3.63, 3.8) is 0 Å². The lowest BCUT2D eigenvalue weighted by Gasteiger charge is -2.23. The Balaban J connectivity index is 1.93. The summed E-state index contributed by atoms with van der Waals surface area (Å²) in [5.41, 5.74) is 1.30. The van der Waals surface area contributed by atoms with Gasteiger partial charge >= 0.3 is 0 Å². The molecule has 0 fully saturated rings. The first-order valence-corrected chi connectivity index (χ1v) is 7.58. The zero-order chi connectivity index (χ0) is 15.1. The highest BCUT2D eigenvalue weighted by molar-refractivity contribution is 5.36. The molecule has 1 aromatic heterocycles. The van der Waals surface area contributed by atoms with Crippen molar-refractivity contribution in [2.75, 3.05) is 13.7 Å². The number of ether oxygens (including phenoxy) is 1. The molecule has 0 aliphatic carbocycles. The molecule has 1 aromatic carbocycles. The normalized spacial score (nSPS) is 12.6. The summed E-state index contributed by atoms with van der Waals surface area (Å²) in [6, 6.07) is 12.2. The minimum Gasteiger partial charge on any atom is -0.496 e. The monoisotopic (exact) mass is 287 g/mol. The third-order valence-electron chi connectivity index (χ3n) is 3.85. The second kappa shape index (κ2) is 7.89. The maximum atomic E-state index is 5.51. The van der Waals surface area contributed by atoms with Crippen molar-refractivity contribution >= 4 is 0 Å². The molecule has 0 aliphatic heterocycles. The Kier molecular flexibility index (Phi) is 5.88. The average molecular weight is 287 g/mol. The van der Waals surface area contributed by atoms with E-state index in [1.54, 1.807) is 13.4 Å². The van der Waals surface area contributed by atoms with Gasteiger partial charge in [-0.05, 0) is 48.6 Å². The molecule has 3 heteroatoms. The van der Waals surface area contributed by atoms with Crippen molar-refractivity contribution in [1.29, 1.82) is 0 Å². The van der Waals surface area contributed by atoms with E-state index in [0.717, 1.165) is 31.0 Å². The Morgan fingerprint density at radius 1 is 1.14 bits per heavy atom. The van der Waals surface area contributed by atoms with Crippen LogP contribution in [0.3, 0.4) is 0 Å². The first-order chi connectivity index (χ1) is 10.2. The van der Waals surface area contributed by atoms with Crippen LogP contribution >= 0.6 is 0 Å². The largest absolute Gasteiger partial charge is 0.496 e. The maximum absolute atomic E-state index is 5.51. The van der Waals surface area contributed by atoms with Crippen molar-refractivity contribution in [2.24, 2.45) is 5.92 Å². The van der Waals surface area contributed by atoms with E-state index in [0.29, 0.717) is 11.8 Å². The molecule has 1 atom stereocenters. The number of hydrogen-bond donors (Lipinski definition) is 1. The van der Waals surface area contributed by atoms with Gasteiger partial charge in [0.05, 0.1) is 19.9 Å². The van der Waals surface area contributed by atoms with Crippen molar-refractivity contribution in [2.45, 2.75) is 32.7 Å². The fourth-order valence-corrected chi connectivity index (χ4v) is 2.70. The number of nitrogens with one attached hydrogen (secondary N) is 1. The van der Waals surface area contributed by atoms with Gasteiger partial charge in [0.1, 0.15) is 11.5 Å². The Morgan fingerprint density at radius 3 is 2.62 bits per heavy atom. The molecule has 1 heterocycles. The minimum atomic E-state index is 0.491. The molecular formula is C18H25NO2. The third-order valence-corrected chi connectivity index (χ3v) is 3.85. The molecule has 0 saturated heterocycles. The number of benzene rings is 1. The van der Waals surface area contributed by atoms with E-state index >= 15 is 0 Å². The van der Waals surface area contributed by atoms with Gasteiger partial charge in [-0.15, -0.1) is 0 Å². The standard InChI is InChI=1S/C18H25NO2/c1-14(2)16(17-8-4-5-9-18(17)20-3)10-11-19-13-15-7-6-12-21-15/h4-9,12,14,16,19H,10-11,13H2,1-3H3/t16-/m0/s1. The van der Waals surface area contributed by atoms with Crippen LogP contribution in [0.1, 0.15) is 37.5 Å². The van der Waals surface area contributed by atoms with E-state index in [2.05, 4.69) is 31.3 Å². The lowest BCUT2D eigenvalue weighted by molar-refractivity contribution is 0.384. The number of hydrogen-bond acceptors (Lipinski definition) is 3. The van der Waals surface area contributed by atoms with Gasteiger partial charge in [-0.25, -0.2) is 0 Å². The molecule has 0 saturated carbocycles. The van der Waals surface area contributed by atoms with Crippen LogP contribution < -0.4 is 10.1 Å². The van der Waals surface area contributed by atoms with Gasteiger partial charge in [0, 0.05) is 0 Å². The van der Waals surface area contributed by atoms with E-state index in [1.165, 1.54) is 5.56 Å². The Labute approximate surface area is 127 Å². The molecule has 0 aliphatic rings. The van der Waals surface area contributed by atoms with Gasteiger partial charge in [0.15, 0.2) is 0 Å². The molecule has 21 heavy (non-hydrogen) atoms. The molecule has 2 rings (SSSR count). The van der Waals surface area contributed by atoms with Crippen LogP contribution in [0.4, 0.5) is 0 Å². The topological polar surface area (TPSA) is 34.4 Å². The van der Waals surface area contributed by atoms with Crippen molar-refractivity contribution in [1.82, 2.24) is 5.32 Å². The molecule has 3 nitrogen and oxygen atoms in total. The summed E-state index contributed by atoms with van der Waals surface area (Å²) in [5.74, 6) is 3.03. The third kappa shape index (κ3) is 4.36. The summed E-state index contributed by atoms with van der Waals surface area (Å²) >= 11 is 0. The van der Waals surface area contributed by atoms with Crippen LogP contribution in [0.25, 0.3) is 0 Å². The molecule has 1 N–H and O–H groups in total. The lowest BCUT2D eigenvalue weighted by Crippen LogP contribution is -2.19. The minimum absolute atomic E-state index is 0.491. The predicted octanol–water partition coefficient (Wildman–Crippen LogP) is 4.21. The molecule has 0 bridgehead atoms. The van der Waals surface area contributed by atoms with Crippen LogP contribution in [0.15, 0.2) is 47.1 Å². The predicted molar refractivity (Wildman–Crippen MR) is 85.6 cm³/mol. The lowest BCUT2D eigenvalue weighted by atomic mass is 9.85. The van der Waals surface area contributed by atoms with E-state index in [9.17, 15) is 0 Å². The summed E-state index contributed by atoms with van der Waals surface area (Å²) in [6.07, 6.45) is 2.79. The summed E-state index contributed by atoms with van der Waals surface area (Å²) in [5, 5.41) is 3.45. The molecule has 2 aromatic rings. The summed E-state index contributed by atoms with van der Waals surface area (Å²) in [6.45, 7) is 6.28. The first kappa shape index (κ1) is 15.6. The second-order valence-corrected chi connectivity index (χ2v) is 5.64. The fourth-order valence-electron chi connectivity index (χ4n) is 2.70. The molecule has 114 valence electrons. The fraction of sp³-hybridized carbons (Fsp3) is 0.444. The van der Waals surface area contributed by atoms with Gasteiger partial charge in [-0.2, -0.15) is 0 Å². The quantitative estimate of drug-likeness (QED) is 0.739. The average Bonchev–Trinajstić information content (AvgIpc) is 3.00. The van der Waals surface area contributed by atoms with Crippen LogP contribution in [0.2, 0.25) is 0 Å². The summed E-state index contributed by atoms with van der Waals surface area (Å²) < 4.78 is 10.8. The zero-order valence-electron chi connectivity index (χ0n) is 13.1. The van der Waals surface area contributed by atoms with E-state index in [1.807, 2.05) is 24.3 Å². The highest BCUT2D eigenvalue weighted by Gasteiger charge is 2.19. The van der Waals surface area contributed by atoms with Gasteiger partial charge < -0.3 is 14.5 Å². The highest BCUT2D eigenvalue weighted by Crippen LogP contribution is 2.33. The van der Waals surface area contributed by atoms with Crippen molar-refractivity contribution in [3.05, 3.63) is 54.0 Å².